The summed E-state index contributed by atoms with van der Waals surface area (Å²) in [6.07, 6.45) is 2.12. The summed E-state index contributed by atoms with van der Waals surface area (Å²) in [5, 5.41) is 3.33. The minimum atomic E-state index is -0.509. The first kappa shape index (κ1) is 14.5. The summed E-state index contributed by atoms with van der Waals surface area (Å²) in [5.74, 6) is 0.136. The fourth-order valence-corrected chi connectivity index (χ4v) is 3.08. The van der Waals surface area contributed by atoms with Gasteiger partial charge in [-0.25, -0.2) is 0 Å². The Bertz CT molecular complexity index is 485. The Kier molecular flexibility index (Phi) is 4.31. The molecule has 1 saturated heterocycles. The van der Waals surface area contributed by atoms with Crippen molar-refractivity contribution in [3.05, 3.63) is 28.2 Å². The smallest absolute Gasteiger partial charge is 0.246 e. The molecule has 0 bridgehead atoms. The summed E-state index contributed by atoms with van der Waals surface area (Å²) in [6.45, 7) is 7.65. The zero-order valence-corrected chi connectivity index (χ0v) is 13.4. The lowest BCUT2D eigenvalue weighted by Crippen LogP contribution is -2.56. The van der Waals surface area contributed by atoms with Crippen LogP contribution < -0.4 is 10.2 Å². The number of hydrogen-bond acceptors (Lipinski definition) is 2. The van der Waals surface area contributed by atoms with Crippen molar-refractivity contribution in [2.45, 2.75) is 39.2 Å². The Balaban J connectivity index is 2.36. The molecule has 104 valence electrons. The van der Waals surface area contributed by atoms with Crippen LogP contribution in [-0.4, -0.2) is 24.5 Å². The van der Waals surface area contributed by atoms with Crippen LogP contribution in [-0.2, 0) is 4.79 Å². The Labute approximate surface area is 123 Å². The SMILES string of the molecule is Cc1ccc(N2CCCCNC(C)(C)C2=O)c(Br)c1. The van der Waals surface area contributed by atoms with Gasteiger partial charge in [0.2, 0.25) is 5.91 Å². The van der Waals surface area contributed by atoms with E-state index in [9.17, 15) is 4.79 Å². The molecular weight excluding hydrogens is 304 g/mol. The number of amides is 1. The molecule has 1 amide bonds. The molecule has 1 aliphatic heterocycles. The third-order valence-corrected chi connectivity index (χ3v) is 4.18. The molecule has 0 radical (unpaired) electrons. The molecule has 0 aliphatic carbocycles. The van der Waals surface area contributed by atoms with E-state index in [0.29, 0.717) is 0 Å². The van der Waals surface area contributed by atoms with Gasteiger partial charge in [0.05, 0.1) is 11.2 Å². The van der Waals surface area contributed by atoms with Crippen LogP contribution in [0, 0.1) is 6.92 Å². The first-order chi connectivity index (χ1) is 8.92. The number of carbonyl (C=O) groups is 1. The molecule has 1 aromatic rings. The molecule has 19 heavy (non-hydrogen) atoms. The third kappa shape index (κ3) is 3.18. The number of carbonyl (C=O) groups excluding carboxylic acids is 1. The van der Waals surface area contributed by atoms with Crippen molar-refractivity contribution < 1.29 is 4.79 Å². The van der Waals surface area contributed by atoms with Crippen LogP contribution in [0.3, 0.4) is 0 Å². The number of rotatable bonds is 1. The summed E-state index contributed by atoms with van der Waals surface area (Å²) in [7, 11) is 0. The molecule has 1 aromatic carbocycles. The van der Waals surface area contributed by atoms with Gasteiger partial charge in [-0.2, -0.15) is 0 Å². The molecule has 2 rings (SSSR count). The Hall–Kier alpha value is -0.870. The van der Waals surface area contributed by atoms with E-state index < -0.39 is 5.54 Å². The van der Waals surface area contributed by atoms with Gasteiger partial charge in [-0.3, -0.25) is 4.79 Å². The fourth-order valence-electron chi connectivity index (χ4n) is 2.37. The van der Waals surface area contributed by atoms with E-state index in [1.54, 1.807) is 0 Å². The van der Waals surface area contributed by atoms with E-state index >= 15 is 0 Å². The highest BCUT2D eigenvalue weighted by Gasteiger charge is 2.33. The van der Waals surface area contributed by atoms with Crippen LogP contribution in [0.25, 0.3) is 0 Å². The molecule has 0 unspecified atom stereocenters. The van der Waals surface area contributed by atoms with E-state index in [1.807, 2.05) is 30.9 Å². The summed E-state index contributed by atoms with van der Waals surface area (Å²) in [4.78, 5) is 14.6. The van der Waals surface area contributed by atoms with Gasteiger partial charge in [0, 0.05) is 11.0 Å². The molecule has 1 aliphatic rings. The lowest BCUT2D eigenvalue weighted by atomic mass is 10.0. The molecule has 0 spiro atoms. The van der Waals surface area contributed by atoms with E-state index in [0.717, 1.165) is 36.1 Å². The quantitative estimate of drug-likeness (QED) is 0.860. The third-order valence-electron chi connectivity index (χ3n) is 3.55. The van der Waals surface area contributed by atoms with Gasteiger partial charge in [-0.15, -0.1) is 0 Å². The standard InChI is InChI=1S/C15H21BrN2O/c1-11-6-7-13(12(16)10-11)18-9-5-4-8-17-15(2,3)14(18)19/h6-7,10,17H,4-5,8-9H2,1-3H3. The van der Waals surface area contributed by atoms with Crippen LogP contribution in [0.2, 0.25) is 0 Å². The van der Waals surface area contributed by atoms with Crippen LogP contribution in [0.4, 0.5) is 5.69 Å². The van der Waals surface area contributed by atoms with Gasteiger partial charge < -0.3 is 10.2 Å². The summed E-state index contributed by atoms with van der Waals surface area (Å²) in [6, 6.07) is 6.13. The van der Waals surface area contributed by atoms with Crippen molar-refractivity contribution in [3.63, 3.8) is 0 Å². The largest absolute Gasteiger partial charge is 0.310 e. The second-order valence-electron chi connectivity index (χ2n) is 5.67. The number of hydrogen-bond donors (Lipinski definition) is 1. The van der Waals surface area contributed by atoms with Crippen LogP contribution in [0.15, 0.2) is 22.7 Å². The van der Waals surface area contributed by atoms with E-state index in [-0.39, 0.29) is 5.91 Å². The predicted molar refractivity (Wildman–Crippen MR) is 82.5 cm³/mol. The highest BCUT2D eigenvalue weighted by molar-refractivity contribution is 9.10. The van der Waals surface area contributed by atoms with Crippen molar-refractivity contribution in [2.75, 3.05) is 18.0 Å². The number of anilines is 1. The summed E-state index contributed by atoms with van der Waals surface area (Å²) < 4.78 is 0.984. The molecule has 1 N–H and O–H groups in total. The fraction of sp³-hybridized carbons (Fsp3) is 0.533. The lowest BCUT2D eigenvalue weighted by Gasteiger charge is -2.35. The highest BCUT2D eigenvalue weighted by atomic mass is 79.9. The van der Waals surface area contributed by atoms with Crippen molar-refractivity contribution >= 4 is 27.5 Å². The average molecular weight is 325 g/mol. The first-order valence-corrected chi connectivity index (χ1v) is 7.54. The Morgan fingerprint density at radius 1 is 1.32 bits per heavy atom. The average Bonchev–Trinajstić information content (AvgIpc) is 2.33. The van der Waals surface area contributed by atoms with Gasteiger partial charge >= 0.3 is 0 Å². The van der Waals surface area contributed by atoms with Crippen molar-refractivity contribution in [3.8, 4) is 0 Å². The summed E-state index contributed by atoms with van der Waals surface area (Å²) in [5.41, 5.74) is 1.64. The molecule has 0 aromatic heterocycles. The number of halogens is 1. The Morgan fingerprint density at radius 3 is 2.74 bits per heavy atom. The zero-order valence-electron chi connectivity index (χ0n) is 11.8. The van der Waals surface area contributed by atoms with Gasteiger partial charge in [0.25, 0.3) is 0 Å². The second kappa shape index (κ2) is 5.63. The number of nitrogens with zero attached hydrogens (tertiary/aromatic N) is 1. The minimum absolute atomic E-state index is 0.136. The maximum atomic E-state index is 12.7. The summed E-state index contributed by atoms with van der Waals surface area (Å²) >= 11 is 3.58. The molecule has 4 heteroatoms. The Morgan fingerprint density at radius 2 is 2.05 bits per heavy atom. The van der Waals surface area contributed by atoms with E-state index in [4.69, 9.17) is 0 Å². The van der Waals surface area contributed by atoms with Crippen molar-refractivity contribution in [1.29, 1.82) is 0 Å². The minimum Gasteiger partial charge on any atom is -0.310 e. The number of aryl methyl sites for hydroxylation is 1. The van der Waals surface area contributed by atoms with Crippen LogP contribution in [0.1, 0.15) is 32.3 Å². The molecule has 1 heterocycles. The first-order valence-electron chi connectivity index (χ1n) is 6.75. The molecular formula is C15H21BrN2O. The zero-order chi connectivity index (χ0) is 14.0. The lowest BCUT2D eigenvalue weighted by molar-refractivity contribution is -0.124. The van der Waals surface area contributed by atoms with Crippen LogP contribution in [0.5, 0.6) is 0 Å². The number of benzene rings is 1. The maximum absolute atomic E-state index is 12.7. The van der Waals surface area contributed by atoms with Crippen molar-refractivity contribution in [2.24, 2.45) is 0 Å². The van der Waals surface area contributed by atoms with E-state index in [1.165, 1.54) is 5.56 Å². The molecule has 0 saturated carbocycles. The normalized spacial score (nSPS) is 20.0. The van der Waals surface area contributed by atoms with Gasteiger partial charge in [0.1, 0.15) is 0 Å². The highest BCUT2D eigenvalue weighted by Crippen LogP contribution is 2.29. The van der Waals surface area contributed by atoms with Gasteiger partial charge in [0.15, 0.2) is 0 Å². The van der Waals surface area contributed by atoms with Crippen LogP contribution >= 0.6 is 15.9 Å². The number of nitrogens with one attached hydrogen (secondary N) is 1. The second-order valence-corrected chi connectivity index (χ2v) is 6.52. The predicted octanol–water partition coefficient (Wildman–Crippen LogP) is 3.25. The van der Waals surface area contributed by atoms with Gasteiger partial charge in [-0.1, -0.05) is 6.07 Å². The van der Waals surface area contributed by atoms with Gasteiger partial charge in [-0.05, 0) is 73.8 Å². The van der Waals surface area contributed by atoms with E-state index in [2.05, 4.69) is 34.2 Å². The molecule has 0 atom stereocenters. The molecule has 1 fully saturated rings. The topological polar surface area (TPSA) is 32.3 Å². The monoisotopic (exact) mass is 324 g/mol. The maximum Gasteiger partial charge on any atom is 0.246 e. The molecule has 3 nitrogen and oxygen atoms in total. The van der Waals surface area contributed by atoms with Crippen molar-refractivity contribution in [1.82, 2.24) is 5.32 Å².